The molecule has 0 aromatic rings. The first-order valence-electron chi connectivity index (χ1n) is 4.65. The Balaban J connectivity index is 5.32. The van der Waals surface area contributed by atoms with Gasteiger partial charge in [-0.2, -0.15) is 0 Å². The fraction of sp³-hybridized carbons (Fsp3) is 0.500. The second-order valence-electron chi connectivity index (χ2n) is 3.22. The van der Waals surface area contributed by atoms with Crippen molar-refractivity contribution in [2.45, 2.75) is 6.04 Å². The van der Waals surface area contributed by atoms with E-state index < -0.39 is 29.0 Å². The second-order valence-corrected chi connectivity index (χ2v) is 3.89. The zero-order valence-corrected chi connectivity index (χ0v) is 10.8. The molecule has 0 aromatic heterocycles. The van der Waals surface area contributed by atoms with Gasteiger partial charge in [-0.1, -0.05) is 0 Å². The molecule has 0 heterocycles. The Labute approximate surface area is 106 Å². The minimum atomic E-state index is -2.67. The highest BCUT2D eigenvalue weighted by molar-refractivity contribution is 7.77. The number of nitrogens with one attached hydrogen (secondary N) is 2. The number of nitrogens with zero attached hydrogens (tertiary/aromatic N) is 2. The summed E-state index contributed by atoms with van der Waals surface area (Å²) in [6.07, 6.45) is -0.0507. The SMILES string of the molecule is CNC(=O)C(N=C(NS(=O)[O-])N(C)C)C(=O)C=O. The molecule has 102 valence electrons. The topological polar surface area (TPSA) is 131 Å². The van der Waals surface area contributed by atoms with Crippen molar-refractivity contribution in [1.29, 1.82) is 0 Å². The maximum Gasteiger partial charge on any atom is 0.252 e. The fourth-order valence-electron chi connectivity index (χ4n) is 0.883. The summed E-state index contributed by atoms with van der Waals surface area (Å²) in [5.41, 5.74) is 0. The molecule has 0 aliphatic heterocycles. The van der Waals surface area contributed by atoms with Gasteiger partial charge in [0.2, 0.25) is 11.7 Å². The summed E-state index contributed by atoms with van der Waals surface area (Å²) in [7, 11) is 4.16. The Bertz CT molecular complexity index is 395. The number of carbonyl (C=O) groups is 3. The number of guanidine groups is 1. The lowest BCUT2D eigenvalue weighted by molar-refractivity contribution is -0.135. The van der Waals surface area contributed by atoms with Crippen molar-refractivity contribution in [3.63, 3.8) is 0 Å². The third-order valence-corrected chi connectivity index (χ3v) is 2.08. The summed E-state index contributed by atoms with van der Waals surface area (Å²) in [4.78, 5) is 37.8. The van der Waals surface area contributed by atoms with E-state index in [-0.39, 0.29) is 12.2 Å². The van der Waals surface area contributed by atoms with Crippen LogP contribution in [0.5, 0.6) is 0 Å². The standard InChI is InChI=1S/C8H14N4O5S/c1-9-7(15)6(5(14)4-13)10-8(12(2)3)11-18(16)17/h4,6H,1-3H3,(H,9,15)(H,10,11)(H,16,17)/p-1. The Kier molecular flexibility index (Phi) is 6.75. The van der Waals surface area contributed by atoms with Crippen molar-refractivity contribution >= 4 is 35.2 Å². The van der Waals surface area contributed by atoms with Gasteiger partial charge < -0.3 is 14.8 Å². The minimum absolute atomic E-state index is 0.0507. The smallest absolute Gasteiger partial charge is 0.252 e. The van der Waals surface area contributed by atoms with Gasteiger partial charge in [0.15, 0.2) is 12.3 Å². The van der Waals surface area contributed by atoms with E-state index in [4.69, 9.17) is 0 Å². The van der Waals surface area contributed by atoms with E-state index in [1.54, 1.807) is 0 Å². The van der Waals surface area contributed by atoms with E-state index in [9.17, 15) is 23.1 Å². The number of likely N-dealkylation sites (N-methyl/N-ethyl adjacent to an activating group) is 1. The summed E-state index contributed by atoms with van der Waals surface area (Å²) in [5, 5.41) is 2.15. The molecule has 0 saturated heterocycles. The molecule has 0 fully saturated rings. The Morgan fingerprint density at radius 3 is 2.33 bits per heavy atom. The molecule has 2 atom stereocenters. The predicted molar refractivity (Wildman–Crippen MR) is 62.1 cm³/mol. The van der Waals surface area contributed by atoms with Crippen molar-refractivity contribution in [2.75, 3.05) is 21.1 Å². The van der Waals surface area contributed by atoms with E-state index in [2.05, 4.69) is 10.3 Å². The molecular weight excluding hydrogens is 264 g/mol. The number of amides is 1. The molecule has 0 aliphatic rings. The number of hydrogen-bond acceptors (Lipinski definition) is 6. The summed E-state index contributed by atoms with van der Waals surface area (Å²) >= 11 is -2.67. The molecule has 10 heteroatoms. The maximum atomic E-state index is 11.4. The first-order valence-corrected chi connectivity index (χ1v) is 5.72. The molecule has 9 nitrogen and oxygen atoms in total. The van der Waals surface area contributed by atoms with Crippen LogP contribution < -0.4 is 10.0 Å². The van der Waals surface area contributed by atoms with Gasteiger partial charge in [0.25, 0.3) is 5.91 Å². The number of carbonyl (C=O) groups excluding carboxylic acids is 3. The third kappa shape index (κ3) is 5.01. The number of aliphatic imine (C=N–C) groups is 1. The molecule has 0 radical (unpaired) electrons. The number of rotatable bonds is 5. The lowest BCUT2D eigenvalue weighted by Crippen LogP contribution is -2.43. The van der Waals surface area contributed by atoms with Crippen LogP contribution in [-0.2, 0) is 25.7 Å². The average Bonchev–Trinajstić information content (AvgIpc) is 2.31. The van der Waals surface area contributed by atoms with Crippen LogP contribution in [0.3, 0.4) is 0 Å². The van der Waals surface area contributed by atoms with Crippen molar-refractivity contribution in [3.05, 3.63) is 0 Å². The summed E-state index contributed by atoms with van der Waals surface area (Å²) in [6.45, 7) is 0. The Morgan fingerprint density at radius 2 is 2.00 bits per heavy atom. The minimum Gasteiger partial charge on any atom is -0.755 e. The number of Topliss-reactive ketones (excluding diaryl/α,β-unsaturated/α-hetero) is 1. The predicted octanol–water partition coefficient (Wildman–Crippen LogP) is -2.83. The van der Waals surface area contributed by atoms with Crippen molar-refractivity contribution < 1.29 is 23.1 Å². The first kappa shape index (κ1) is 16.2. The van der Waals surface area contributed by atoms with Crippen LogP contribution in [0.1, 0.15) is 0 Å². The summed E-state index contributed by atoms with van der Waals surface area (Å²) in [5.74, 6) is -2.13. The van der Waals surface area contributed by atoms with E-state index in [1.165, 1.54) is 26.0 Å². The van der Waals surface area contributed by atoms with E-state index in [0.29, 0.717) is 0 Å². The molecule has 2 unspecified atom stereocenters. The lowest BCUT2D eigenvalue weighted by Gasteiger charge is -2.20. The van der Waals surface area contributed by atoms with Gasteiger partial charge in [-0.25, -0.2) is 4.99 Å². The van der Waals surface area contributed by atoms with E-state index >= 15 is 0 Å². The molecule has 0 spiro atoms. The summed E-state index contributed by atoms with van der Waals surface area (Å²) in [6, 6.07) is -1.62. The fourth-order valence-corrected chi connectivity index (χ4v) is 1.27. The second kappa shape index (κ2) is 7.50. The van der Waals surface area contributed by atoms with Gasteiger partial charge in [0, 0.05) is 32.4 Å². The van der Waals surface area contributed by atoms with Crippen molar-refractivity contribution in [2.24, 2.45) is 4.99 Å². The van der Waals surface area contributed by atoms with Gasteiger partial charge >= 0.3 is 0 Å². The molecule has 0 saturated carbocycles. The molecule has 0 aromatic carbocycles. The third-order valence-electron chi connectivity index (χ3n) is 1.73. The Morgan fingerprint density at radius 1 is 1.44 bits per heavy atom. The van der Waals surface area contributed by atoms with Gasteiger partial charge in [-0.05, 0) is 0 Å². The largest absolute Gasteiger partial charge is 0.755 e. The van der Waals surface area contributed by atoms with Crippen LogP contribution >= 0.6 is 0 Å². The number of aldehydes is 1. The van der Waals surface area contributed by atoms with Crippen LogP contribution in [0.25, 0.3) is 0 Å². The highest BCUT2D eigenvalue weighted by Crippen LogP contribution is 1.95. The normalized spacial score (nSPS) is 14.3. The van der Waals surface area contributed by atoms with E-state index in [1.807, 2.05) is 4.72 Å². The first-order chi connectivity index (χ1) is 8.33. The van der Waals surface area contributed by atoms with Crippen LogP contribution in [0.2, 0.25) is 0 Å². The number of ketones is 1. The lowest BCUT2D eigenvalue weighted by atomic mass is 10.2. The van der Waals surface area contributed by atoms with Crippen molar-refractivity contribution in [1.82, 2.24) is 14.9 Å². The van der Waals surface area contributed by atoms with Gasteiger partial charge in [-0.3, -0.25) is 23.3 Å². The molecular formula is C8H13N4O5S-. The van der Waals surface area contributed by atoms with Gasteiger partial charge in [-0.15, -0.1) is 0 Å². The van der Waals surface area contributed by atoms with Crippen LogP contribution in [0.4, 0.5) is 0 Å². The average molecular weight is 277 g/mol. The molecule has 0 rings (SSSR count). The van der Waals surface area contributed by atoms with Crippen LogP contribution in [0.15, 0.2) is 4.99 Å². The highest BCUT2D eigenvalue weighted by Gasteiger charge is 2.25. The zero-order chi connectivity index (χ0) is 14.3. The van der Waals surface area contributed by atoms with Gasteiger partial charge in [0.1, 0.15) is 0 Å². The Hall–Kier alpha value is -1.81. The molecule has 1 amide bonds. The molecule has 0 bridgehead atoms. The monoisotopic (exact) mass is 277 g/mol. The maximum absolute atomic E-state index is 11.4. The summed E-state index contributed by atoms with van der Waals surface area (Å²) < 4.78 is 22.9. The highest BCUT2D eigenvalue weighted by atomic mass is 32.2. The molecule has 0 aliphatic carbocycles. The van der Waals surface area contributed by atoms with Crippen molar-refractivity contribution in [3.8, 4) is 0 Å². The molecule has 18 heavy (non-hydrogen) atoms. The van der Waals surface area contributed by atoms with Gasteiger partial charge in [0.05, 0.1) is 0 Å². The van der Waals surface area contributed by atoms with E-state index in [0.717, 1.165) is 0 Å². The quantitative estimate of drug-likeness (QED) is 0.139. The zero-order valence-electron chi connectivity index (χ0n) is 10.00. The van der Waals surface area contributed by atoms with Crippen LogP contribution in [-0.4, -0.2) is 64.8 Å². The molecule has 2 N–H and O–H groups in total. The van der Waals surface area contributed by atoms with Crippen LogP contribution in [0, 0.1) is 0 Å². The number of hydrogen-bond donors (Lipinski definition) is 2.